The first-order chi connectivity index (χ1) is 19.2. The topological polar surface area (TPSA) is 107 Å². The number of rotatable bonds is 6. The first-order valence-corrected chi connectivity index (χ1v) is 14.8. The number of aryl methyl sites for hydroxylation is 1. The van der Waals surface area contributed by atoms with Crippen molar-refractivity contribution in [1.29, 1.82) is 0 Å². The van der Waals surface area contributed by atoms with E-state index in [1.54, 1.807) is 41.0 Å². The summed E-state index contributed by atoms with van der Waals surface area (Å²) < 4.78 is 36.3. The lowest BCUT2D eigenvalue weighted by atomic mass is 10.1. The summed E-state index contributed by atoms with van der Waals surface area (Å²) in [7, 11) is -4.18. The lowest BCUT2D eigenvalue weighted by Crippen LogP contribution is -2.19. The van der Waals surface area contributed by atoms with Crippen LogP contribution in [-0.4, -0.2) is 28.9 Å². The van der Waals surface area contributed by atoms with Crippen LogP contribution in [0.3, 0.4) is 0 Å². The van der Waals surface area contributed by atoms with Crippen LogP contribution in [0, 0.1) is 6.92 Å². The molecule has 0 unspecified atom stereocenters. The Morgan fingerprint density at radius 1 is 0.900 bits per heavy atom. The second kappa shape index (κ2) is 10.0. The van der Waals surface area contributed by atoms with Crippen molar-refractivity contribution >= 4 is 59.7 Å². The van der Waals surface area contributed by atoms with Gasteiger partial charge >= 0.3 is 0 Å². The highest BCUT2D eigenvalue weighted by Crippen LogP contribution is 2.40. The van der Waals surface area contributed by atoms with Crippen LogP contribution in [0.1, 0.15) is 34.6 Å². The minimum absolute atomic E-state index is 0.0146. The molecule has 10 heteroatoms. The fourth-order valence-electron chi connectivity index (χ4n) is 4.71. The molecule has 3 aromatic heterocycles. The summed E-state index contributed by atoms with van der Waals surface area (Å²) in [6.07, 6.45) is 0. The molecule has 0 saturated carbocycles. The number of furan rings is 1. The summed E-state index contributed by atoms with van der Waals surface area (Å²) in [5, 5.41) is 2.84. The van der Waals surface area contributed by atoms with Gasteiger partial charge in [-0.1, -0.05) is 60.2 Å². The monoisotopic (exact) mass is 614 g/mol. The third kappa shape index (κ3) is 4.48. The van der Waals surface area contributed by atoms with Gasteiger partial charge in [0.15, 0.2) is 16.1 Å². The van der Waals surface area contributed by atoms with Gasteiger partial charge in [-0.15, -0.1) is 0 Å². The van der Waals surface area contributed by atoms with E-state index in [4.69, 9.17) is 14.4 Å². The van der Waals surface area contributed by atoms with Crippen LogP contribution in [0.5, 0.6) is 0 Å². The molecule has 3 aromatic carbocycles. The van der Waals surface area contributed by atoms with Crippen LogP contribution in [0.15, 0.2) is 110 Å². The SMILES string of the molecule is Cc1ccc(S(=O)(=O)c2c(NC(=O)c3ccc(Br)o3)n([C@@H](C)c3ccccc3)c3nc4ccccc4nc23)cc1. The average molecular weight is 616 g/mol. The van der Waals surface area contributed by atoms with E-state index in [0.717, 1.165) is 11.1 Å². The summed E-state index contributed by atoms with van der Waals surface area (Å²) in [6.45, 7) is 3.81. The van der Waals surface area contributed by atoms with E-state index in [9.17, 15) is 13.2 Å². The van der Waals surface area contributed by atoms with Crippen molar-refractivity contribution < 1.29 is 17.6 Å². The predicted molar refractivity (Wildman–Crippen MR) is 156 cm³/mol. The summed E-state index contributed by atoms with van der Waals surface area (Å²) in [4.78, 5) is 23.0. The maximum absolute atomic E-state index is 14.3. The van der Waals surface area contributed by atoms with Crippen LogP contribution in [0.2, 0.25) is 0 Å². The van der Waals surface area contributed by atoms with E-state index in [1.807, 2.05) is 62.4 Å². The van der Waals surface area contributed by atoms with Gasteiger partial charge < -0.3 is 14.3 Å². The zero-order chi connectivity index (χ0) is 28.0. The van der Waals surface area contributed by atoms with E-state index in [1.165, 1.54) is 6.07 Å². The number of halogens is 1. The van der Waals surface area contributed by atoms with Crippen molar-refractivity contribution in [1.82, 2.24) is 14.5 Å². The minimum atomic E-state index is -4.18. The molecule has 6 aromatic rings. The van der Waals surface area contributed by atoms with Gasteiger partial charge in [-0.3, -0.25) is 4.79 Å². The molecular weight excluding hydrogens is 592 g/mol. The number of carbonyl (C=O) groups excluding carboxylic acids is 1. The molecule has 1 amide bonds. The highest BCUT2D eigenvalue weighted by atomic mass is 79.9. The fourth-order valence-corrected chi connectivity index (χ4v) is 6.54. The molecule has 40 heavy (non-hydrogen) atoms. The van der Waals surface area contributed by atoms with Gasteiger partial charge in [-0.2, -0.15) is 0 Å². The van der Waals surface area contributed by atoms with Gasteiger partial charge in [0.1, 0.15) is 16.2 Å². The van der Waals surface area contributed by atoms with Gasteiger partial charge in [0, 0.05) is 0 Å². The van der Waals surface area contributed by atoms with Crippen molar-refractivity contribution in [3.63, 3.8) is 0 Å². The number of para-hydroxylation sites is 2. The van der Waals surface area contributed by atoms with E-state index in [-0.39, 0.29) is 26.9 Å². The van der Waals surface area contributed by atoms with Crippen LogP contribution in [-0.2, 0) is 9.84 Å². The molecular formula is C30H23BrN4O4S. The Hall–Kier alpha value is -4.28. The quantitative estimate of drug-likeness (QED) is 0.218. The molecule has 1 N–H and O–H groups in total. The Kier molecular flexibility index (Phi) is 6.52. The number of nitrogens with zero attached hydrogens (tertiary/aromatic N) is 3. The number of aromatic nitrogens is 3. The Morgan fingerprint density at radius 2 is 1.55 bits per heavy atom. The Bertz CT molecular complexity index is 2000. The zero-order valence-corrected chi connectivity index (χ0v) is 23.9. The van der Waals surface area contributed by atoms with Gasteiger partial charge in [0.25, 0.3) is 5.91 Å². The number of anilines is 1. The molecule has 0 radical (unpaired) electrons. The fraction of sp³-hybridized carbons (Fsp3) is 0.100. The second-order valence-corrected chi connectivity index (χ2v) is 12.1. The van der Waals surface area contributed by atoms with Crippen molar-refractivity contribution in [2.45, 2.75) is 29.7 Å². The molecule has 0 aliphatic carbocycles. The molecule has 0 aliphatic rings. The molecule has 200 valence electrons. The first-order valence-electron chi connectivity index (χ1n) is 12.5. The highest BCUT2D eigenvalue weighted by molar-refractivity contribution is 9.10. The molecule has 0 saturated heterocycles. The van der Waals surface area contributed by atoms with E-state index in [2.05, 4.69) is 21.2 Å². The van der Waals surface area contributed by atoms with Gasteiger partial charge in [0.05, 0.1) is 22.0 Å². The standard InChI is InChI=1S/C30H23BrN4O4S/c1-18-12-14-21(15-13-18)40(37,38)27-26-28(33-23-11-7-6-10-22(23)32-26)35(19(2)20-8-4-3-5-9-20)29(27)34-30(36)24-16-17-25(31)39-24/h3-17,19H,1-2H3,(H,34,36)/t19-/m0/s1. The predicted octanol–water partition coefficient (Wildman–Crippen LogP) is 6.94. The number of sulfone groups is 1. The number of benzene rings is 3. The normalized spacial score (nSPS) is 12.6. The second-order valence-electron chi connectivity index (χ2n) is 9.39. The number of hydrogen-bond acceptors (Lipinski definition) is 6. The minimum Gasteiger partial charge on any atom is -0.444 e. The summed E-state index contributed by atoms with van der Waals surface area (Å²) in [5.41, 5.74) is 3.44. The molecule has 0 spiro atoms. The Morgan fingerprint density at radius 3 is 2.20 bits per heavy atom. The van der Waals surface area contributed by atoms with Crippen molar-refractivity contribution in [2.24, 2.45) is 0 Å². The number of hydrogen-bond donors (Lipinski definition) is 1. The van der Waals surface area contributed by atoms with Crippen LogP contribution >= 0.6 is 15.9 Å². The Balaban J connectivity index is 1.70. The number of amides is 1. The first kappa shape index (κ1) is 26.0. The summed E-state index contributed by atoms with van der Waals surface area (Å²) in [6, 6.07) is 26.1. The third-order valence-electron chi connectivity index (χ3n) is 6.75. The van der Waals surface area contributed by atoms with Gasteiger partial charge in [-0.05, 0) is 71.7 Å². The van der Waals surface area contributed by atoms with Crippen LogP contribution in [0.4, 0.5) is 5.82 Å². The summed E-state index contributed by atoms with van der Waals surface area (Å²) in [5.74, 6) is -0.541. The highest BCUT2D eigenvalue weighted by Gasteiger charge is 2.34. The maximum Gasteiger partial charge on any atom is 0.292 e. The third-order valence-corrected chi connectivity index (χ3v) is 8.99. The number of fused-ring (bicyclic) bond motifs is 2. The van der Waals surface area contributed by atoms with Crippen molar-refractivity contribution in [2.75, 3.05) is 5.32 Å². The zero-order valence-electron chi connectivity index (χ0n) is 21.5. The Labute approximate surface area is 238 Å². The lowest BCUT2D eigenvalue weighted by molar-refractivity contribution is 0.0994. The molecule has 0 fully saturated rings. The van der Waals surface area contributed by atoms with E-state index < -0.39 is 21.8 Å². The van der Waals surface area contributed by atoms with Gasteiger partial charge in [-0.25, -0.2) is 18.4 Å². The molecule has 8 nitrogen and oxygen atoms in total. The van der Waals surface area contributed by atoms with Crippen molar-refractivity contribution in [3.8, 4) is 0 Å². The van der Waals surface area contributed by atoms with Crippen LogP contribution in [0.25, 0.3) is 22.2 Å². The molecule has 6 rings (SSSR count). The van der Waals surface area contributed by atoms with E-state index >= 15 is 0 Å². The largest absolute Gasteiger partial charge is 0.444 e. The van der Waals surface area contributed by atoms with Crippen LogP contribution < -0.4 is 5.32 Å². The number of nitrogens with one attached hydrogen (secondary N) is 1. The molecule has 0 aliphatic heterocycles. The maximum atomic E-state index is 14.3. The lowest BCUT2D eigenvalue weighted by Gasteiger charge is -2.19. The molecule has 3 heterocycles. The molecule has 1 atom stereocenters. The van der Waals surface area contributed by atoms with E-state index in [0.29, 0.717) is 21.4 Å². The number of carbonyl (C=O) groups is 1. The van der Waals surface area contributed by atoms with Gasteiger partial charge in [0.2, 0.25) is 9.84 Å². The van der Waals surface area contributed by atoms with Crippen molar-refractivity contribution in [3.05, 3.63) is 113 Å². The smallest absolute Gasteiger partial charge is 0.292 e. The summed E-state index contributed by atoms with van der Waals surface area (Å²) >= 11 is 3.22. The average Bonchev–Trinajstić information content (AvgIpc) is 3.53. The molecule has 0 bridgehead atoms.